The fourth-order valence-corrected chi connectivity index (χ4v) is 2.66. The normalized spacial score (nSPS) is 10.9. The second-order valence-electron chi connectivity index (χ2n) is 4.91. The van der Waals surface area contributed by atoms with Crippen LogP contribution in [0.3, 0.4) is 0 Å². The van der Waals surface area contributed by atoms with Gasteiger partial charge in [0.25, 0.3) is 0 Å². The molecule has 112 valence electrons. The summed E-state index contributed by atoms with van der Waals surface area (Å²) in [5, 5.41) is 0.158. The Bertz CT molecular complexity index is 858. The largest absolute Gasteiger partial charge is 0.444 e. The molecule has 2 aromatic heterocycles. The van der Waals surface area contributed by atoms with Crippen molar-refractivity contribution in [3.05, 3.63) is 74.4 Å². The van der Waals surface area contributed by atoms with E-state index in [-0.39, 0.29) is 15.5 Å². The van der Waals surface area contributed by atoms with Crippen LogP contribution in [0.15, 0.2) is 52.1 Å². The van der Waals surface area contributed by atoms with Crippen LogP contribution in [0.25, 0.3) is 11.5 Å². The molecule has 0 unspecified atom stereocenters. The molecule has 3 aromatic rings. The summed E-state index contributed by atoms with van der Waals surface area (Å²) in [5.41, 5.74) is 2.38. The fourth-order valence-electron chi connectivity index (χ4n) is 2.15. The molecule has 0 spiro atoms. The van der Waals surface area contributed by atoms with Gasteiger partial charge in [-0.1, -0.05) is 41.4 Å². The second-order valence-corrected chi connectivity index (χ2v) is 5.73. The van der Waals surface area contributed by atoms with E-state index in [1.807, 2.05) is 31.2 Å². The molecule has 0 aliphatic rings. The Hall–Kier alpha value is -2.04. The van der Waals surface area contributed by atoms with Crippen LogP contribution in [-0.4, -0.2) is 9.55 Å². The molecule has 0 bridgehead atoms. The maximum atomic E-state index is 11.5. The molecule has 0 saturated carbocycles. The lowest BCUT2D eigenvalue weighted by molar-refractivity contribution is 0.571. The SMILES string of the molecule is Cc1ccccc1-c1nc(Cn2cc(Cl)c(=O)c(Cl)c2)co1. The van der Waals surface area contributed by atoms with Crippen molar-refractivity contribution < 1.29 is 4.42 Å². The summed E-state index contributed by atoms with van der Waals surface area (Å²) in [6.45, 7) is 2.41. The van der Waals surface area contributed by atoms with Crippen molar-refractivity contribution >= 4 is 23.2 Å². The van der Waals surface area contributed by atoms with Gasteiger partial charge in [-0.3, -0.25) is 4.79 Å². The maximum absolute atomic E-state index is 11.5. The summed E-state index contributed by atoms with van der Waals surface area (Å²) in [7, 11) is 0. The zero-order valence-electron chi connectivity index (χ0n) is 11.7. The highest BCUT2D eigenvalue weighted by atomic mass is 35.5. The molecule has 0 aliphatic heterocycles. The number of pyridine rings is 1. The van der Waals surface area contributed by atoms with Crippen molar-refractivity contribution in [2.75, 3.05) is 0 Å². The fraction of sp³-hybridized carbons (Fsp3) is 0.125. The number of aromatic nitrogens is 2. The predicted molar refractivity (Wildman–Crippen MR) is 86.5 cm³/mol. The molecule has 6 heteroatoms. The van der Waals surface area contributed by atoms with Crippen LogP contribution in [0.5, 0.6) is 0 Å². The Morgan fingerprint density at radius 2 is 1.86 bits per heavy atom. The molecule has 0 N–H and O–H groups in total. The number of nitrogens with zero attached hydrogens (tertiary/aromatic N) is 2. The van der Waals surface area contributed by atoms with Gasteiger partial charge in [0.05, 0.1) is 12.2 Å². The van der Waals surface area contributed by atoms with Gasteiger partial charge in [-0.05, 0) is 18.6 Å². The molecular formula is C16H12Cl2N2O2. The molecule has 0 saturated heterocycles. The lowest BCUT2D eigenvalue weighted by Crippen LogP contribution is -2.09. The number of hydrogen-bond donors (Lipinski definition) is 0. The third-order valence-electron chi connectivity index (χ3n) is 3.26. The molecular weight excluding hydrogens is 323 g/mol. The van der Waals surface area contributed by atoms with Crippen molar-refractivity contribution in [3.8, 4) is 11.5 Å². The molecule has 0 aliphatic carbocycles. The third kappa shape index (κ3) is 2.93. The maximum Gasteiger partial charge on any atom is 0.226 e. The van der Waals surface area contributed by atoms with Gasteiger partial charge in [0.2, 0.25) is 11.3 Å². The molecule has 4 nitrogen and oxygen atoms in total. The Balaban J connectivity index is 1.89. The molecule has 0 fully saturated rings. The smallest absolute Gasteiger partial charge is 0.226 e. The van der Waals surface area contributed by atoms with Gasteiger partial charge < -0.3 is 8.98 Å². The van der Waals surface area contributed by atoms with E-state index in [1.54, 1.807) is 10.8 Å². The number of oxazole rings is 1. The highest BCUT2D eigenvalue weighted by Gasteiger charge is 2.10. The highest BCUT2D eigenvalue weighted by Crippen LogP contribution is 2.22. The molecule has 1 aromatic carbocycles. The van der Waals surface area contributed by atoms with Gasteiger partial charge in [0, 0.05) is 18.0 Å². The molecule has 22 heavy (non-hydrogen) atoms. The zero-order valence-corrected chi connectivity index (χ0v) is 13.2. The first-order valence-electron chi connectivity index (χ1n) is 6.60. The van der Waals surface area contributed by atoms with E-state index in [0.29, 0.717) is 18.1 Å². The number of benzene rings is 1. The number of hydrogen-bond acceptors (Lipinski definition) is 3. The minimum atomic E-state index is -0.375. The quantitative estimate of drug-likeness (QED) is 0.722. The lowest BCUT2D eigenvalue weighted by Gasteiger charge is -2.04. The number of halogens is 2. The zero-order chi connectivity index (χ0) is 15.7. The lowest BCUT2D eigenvalue weighted by atomic mass is 10.1. The Morgan fingerprint density at radius 1 is 1.18 bits per heavy atom. The van der Waals surface area contributed by atoms with Gasteiger partial charge >= 0.3 is 0 Å². The van der Waals surface area contributed by atoms with E-state index in [4.69, 9.17) is 27.6 Å². The first-order valence-corrected chi connectivity index (χ1v) is 7.35. The van der Waals surface area contributed by atoms with E-state index in [0.717, 1.165) is 11.1 Å². The van der Waals surface area contributed by atoms with Crippen LogP contribution >= 0.6 is 23.2 Å². The minimum absolute atomic E-state index is 0.0788. The summed E-state index contributed by atoms with van der Waals surface area (Å²) < 4.78 is 7.24. The average molecular weight is 335 g/mol. The van der Waals surface area contributed by atoms with Crippen molar-refractivity contribution in [1.29, 1.82) is 0 Å². The van der Waals surface area contributed by atoms with E-state index >= 15 is 0 Å². The summed E-state index contributed by atoms with van der Waals surface area (Å²) >= 11 is 11.7. The first-order chi connectivity index (χ1) is 10.5. The van der Waals surface area contributed by atoms with Gasteiger partial charge in [-0.2, -0.15) is 0 Å². The van der Waals surface area contributed by atoms with Gasteiger partial charge in [-0.25, -0.2) is 4.98 Å². The van der Waals surface area contributed by atoms with Crippen molar-refractivity contribution in [1.82, 2.24) is 9.55 Å². The molecule has 2 heterocycles. The Kier molecular flexibility index (Phi) is 4.05. The molecule has 0 radical (unpaired) electrons. The predicted octanol–water partition coefficient (Wildman–Crippen LogP) is 4.17. The highest BCUT2D eigenvalue weighted by molar-refractivity contribution is 6.34. The summed E-state index contributed by atoms with van der Waals surface area (Å²) in [6, 6.07) is 7.86. The average Bonchev–Trinajstić information content (AvgIpc) is 2.93. The standard InChI is InChI=1S/C16H12Cl2N2O2/c1-10-4-2-3-5-12(10)16-19-11(9-22-16)6-20-7-13(17)15(21)14(18)8-20/h2-5,7-9H,6H2,1H3. The van der Waals surface area contributed by atoms with Gasteiger partial charge in [0.1, 0.15) is 16.3 Å². The van der Waals surface area contributed by atoms with Crippen LogP contribution in [0, 0.1) is 6.92 Å². The van der Waals surface area contributed by atoms with Crippen LogP contribution < -0.4 is 5.43 Å². The van der Waals surface area contributed by atoms with Gasteiger partial charge in [-0.15, -0.1) is 0 Å². The van der Waals surface area contributed by atoms with E-state index in [2.05, 4.69) is 4.98 Å². The van der Waals surface area contributed by atoms with Crippen LogP contribution in [0.2, 0.25) is 10.0 Å². The van der Waals surface area contributed by atoms with Crippen molar-refractivity contribution in [2.24, 2.45) is 0 Å². The minimum Gasteiger partial charge on any atom is -0.444 e. The molecule has 0 amide bonds. The summed E-state index contributed by atoms with van der Waals surface area (Å²) in [5.74, 6) is 0.561. The van der Waals surface area contributed by atoms with Crippen LogP contribution in [0.1, 0.15) is 11.3 Å². The van der Waals surface area contributed by atoms with Crippen LogP contribution in [-0.2, 0) is 6.54 Å². The summed E-state index contributed by atoms with van der Waals surface area (Å²) in [6.07, 6.45) is 4.64. The van der Waals surface area contributed by atoms with Crippen molar-refractivity contribution in [2.45, 2.75) is 13.5 Å². The molecule has 0 atom stereocenters. The van der Waals surface area contributed by atoms with E-state index < -0.39 is 0 Å². The monoisotopic (exact) mass is 334 g/mol. The van der Waals surface area contributed by atoms with Gasteiger partial charge in [0.15, 0.2) is 0 Å². The Morgan fingerprint density at radius 3 is 2.55 bits per heavy atom. The number of rotatable bonds is 3. The molecule has 3 rings (SSSR count). The second kappa shape index (κ2) is 5.99. The first kappa shape index (κ1) is 14.9. The summed E-state index contributed by atoms with van der Waals surface area (Å²) in [4.78, 5) is 16.0. The van der Waals surface area contributed by atoms with E-state index in [1.165, 1.54) is 12.4 Å². The van der Waals surface area contributed by atoms with Crippen LogP contribution in [0.4, 0.5) is 0 Å². The topological polar surface area (TPSA) is 48.0 Å². The third-order valence-corrected chi connectivity index (χ3v) is 3.80. The van der Waals surface area contributed by atoms with Crippen molar-refractivity contribution in [3.63, 3.8) is 0 Å². The number of aryl methyl sites for hydroxylation is 1. The Labute approximate surface area is 136 Å². The van der Waals surface area contributed by atoms with E-state index in [9.17, 15) is 4.79 Å².